The SMILES string of the molecule is COc1ccc2nc(-c3c[nH]c4ccc(OC)cc34)ccc2c1. The highest BCUT2D eigenvalue weighted by Gasteiger charge is 2.09. The molecule has 0 bridgehead atoms. The van der Waals surface area contributed by atoms with Crippen LogP contribution in [0.3, 0.4) is 0 Å². The third-order valence-electron chi connectivity index (χ3n) is 4.06. The van der Waals surface area contributed by atoms with Crippen molar-refractivity contribution in [1.82, 2.24) is 9.97 Å². The fourth-order valence-electron chi connectivity index (χ4n) is 2.82. The quantitative estimate of drug-likeness (QED) is 0.610. The minimum Gasteiger partial charge on any atom is -0.497 e. The third-order valence-corrected chi connectivity index (χ3v) is 4.06. The maximum atomic E-state index is 5.33. The molecule has 4 nitrogen and oxygen atoms in total. The molecule has 0 unspecified atom stereocenters. The largest absolute Gasteiger partial charge is 0.497 e. The first kappa shape index (κ1) is 13.6. The Bertz CT molecular complexity index is 1000. The predicted octanol–water partition coefficient (Wildman–Crippen LogP) is 4.40. The predicted molar refractivity (Wildman–Crippen MR) is 92.1 cm³/mol. The Kier molecular flexibility index (Phi) is 3.15. The zero-order chi connectivity index (χ0) is 15.8. The minimum absolute atomic E-state index is 0.837. The summed E-state index contributed by atoms with van der Waals surface area (Å²) in [6.45, 7) is 0. The Morgan fingerprint density at radius 3 is 2.48 bits per heavy atom. The van der Waals surface area contributed by atoms with Crippen LogP contribution in [0.5, 0.6) is 11.5 Å². The molecule has 0 aliphatic heterocycles. The van der Waals surface area contributed by atoms with E-state index in [1.807, 2.05) is 48.7 Å². The number of aromatic nitrogens is 2. The van der Waals surface area contributed by atoms with Crippen LogP contribution < -0.4 is 9.47 Å². The van der Waals surface area contributed by atoms with Crippen molar-refractivity contribution < 1.29 is 9.47 Å². The first-order valence-corrected chi connectivity index (χ1v) is 7.39. The van der Waals surface area contributed by atoms with Gasteiger partial charge in [-0.25, -0.2) is 4.98 Å². The molecule has 23 heavy (non-hydrogen) atoms. The molecule has 0 atom stereocenters. The van der Waals surface area contributed by atoms with Gasteiger partial charge < -0.3 is 14.5 Å². The molecule has 2 aromatic carbocycles. The number of nitrogens with one attached hydrogen (secondary N) is 1. The lowest BCUT2D eigenvalue weighted by Crippen LogP contribution is -1.87. The third kappa shape index (κ3) is 2.28. The van der Waals surface area contributed by atoms with Gasteiger partial charge in [0.2, 0.25) is 0 Å². The summed E-state index contributed by atoms with van der Waals surface area (Å²) in [5.74, 6) is 1.67. The fourth-order valence-corrected chi connectivity index (χ4v) is 2.82. The zero-order valence-corrected chi connectivity index (χ0v) is 13.0. The lowest BCUT2D eigenvalue weighted by atomic mass is 10.1. The van der Waals surface area contributed by atoms with E-state index in [0.29, 0.717) is 0 Å². The molecule has 0 radical (unpaired) electrons. The number of ether oxygens (including phenoxy) is 2. The minimum atomic E-state index is 0.837. The van der Waals surface area contributed by atoms with Crippen LogP contribution in [0.25, 0.3) is 33.1 Å². The van der Waals surface area contributed by atoms with Gasteiger partial charge in [-0.1, -0.05) is 6.07 Å². The molecule has 114 valence electrons. The molecule has 2 aromatic heterocycles. The van der Waals surface area contributed by atoms with E-state index < -0.39 is 0 Å². The second-order valence-electron chi connectivity index (χ2n) is 5.37. The van der Waals surface area contributed by atoms with Crippen LogP contribution in [0.2, 0.25) is 0 Å². The van der Waals surface area contributed by atoms with Crippen molar-refractivity contribution in [1.29, 1.82) is 0 Å². The van der Waals surface area contributed by atoms with Crippen LogP contribution in [0.1, 0.15) is 0 Å². The van der Waals surface area contributed by atoms with Crippen LogP contribution in [-0.2, 0) is 0 Å². The number of benzene rings is 2. The van der Waals surface area contributed by atoms with Gasteiger partial charge in [-0.05, 0) is 42.5 Å². The first-order chi connectivity index (χ1) is 11.3. The maximum absolute atomic E-state index is 5.33. The van der Waals surface area contributed by atoms with Gasteiger partial charge in [0.05, 0.1) is 25.4 Å². The van der Waals surface area contributed by atoms with Gasteiger partial charge >= 0.3 is 0 Å². The van der Waals surface area contributed by atoms with E-state index in [2.05, 4.69) is 11.1 Å². The summed E-state index contributed by atoms with van der Waals surface area (Å²) in [5.41, 5.74) is 4.01. The molecule has 1 N–H and O–H groups in total. The second kappa shape index (κ2) is 5.32. The molecule has 4 rings (SSSR count). The molecule has 4 heteroatoms. The Hall–Kier alpha value is -3.01. The highest BCUT2D eigenvalue weighted by Crippen LogP contribution is 2.31. The van der Waals surface area contributed by atoms with Gasteiger partial charge in [0.25, 0.3) is 0 Å². The van der Waals surface area contributed by atoms with E-state index in [0.717, 1.165) is 44.6 Å². The summed E-state index contributed by atoms with van der Waals surface area (Å²) in [5, 5.41) is 2.16. The van der Waals surface area contributed by atoms with E-state index in [-0.39, 0.29) is 0 Å². The van der Waals surface area contributed by atoms with Gasteiger partial charge in [0, 0.05) is 28.0 Å². The maximum Gasteiger partial charge on any atom is 0.119 e. The number of hydrogen-bond acceptors (Lipinski definition) is 3. The van der Waals surface area contributed by atoms with E-state index in [4.69, 9.17) is 14.5 Å². The number of hydrogen-bond donors (Lipinski definition) is 1. The van der Waals surface area contributed by atoms with Gasteiger partial charge in [0.1, 0.15) is 11.5 Å². The molecule has 4 aromatic rings. The average Bonchev–Trinajstić information content (AvgIpc) is 3.03. The van der Waals surface area contributed by atoms with Crippen LogP contribution >= 0.6 is 0 Å². The smallest absolute Gasteiger partial charge is 0.119 e. The molecule has 0 fully saturated rings. The van der Waals surface area contributed by atoms with Crippen molar-refractivity contribution in [3.05, 3.63) is 54.7 Å². The van der Waals surface area contributed by atoms with Crippen LogP contribution in [0.15, 0.2) is 54.7 Å². The van der Waals surface area contributed by atoms with Gasteiger partial charge in [-0.3, -0.25) is 0 Å². The Balaban J connectivity index is 1.88. The van der Waals surface area contributed by atoms with Crippen LogP contribution in [0.4, 0.5) is 0 Å². The lowest BCUT2D eigenvalue weighted by molar-refractivity contribution is 0.415. The standard InChI is InChI=1S/C19H16N2O2/c1-22-13-4-7-17-12(9-13)3-6-19(21-17)16-11-20-18-8-5-14(23-2)10-15(16)18/h3-11,20H,1-2H3. The van der Waals surface area contributed by atoms with Crippen LogP contribution in [0, 0.1) is 0 Å². The Morgan fingerprint density at radius 2 is 1.65 bits per heavy atom. The van der Waals surface area contributed by atoms with Crippen molar-refractivity contribution in [2.45, 2.75) is 0 Å². The second-order valence-corrected chi connectivity index (χ2v) is 5.37. The van der Waals surface area contributed by atoms with E-state index >= 15 is 0 Å². The fraction of sp³-hybridized carbons (Fsp3) is 0.105. The molecule has 0 aliphatic carbocycles. The number of pyridine rings is 1. The van der Waals surface area contributed by atoms with E-state index in [1.54, 1.807) is 14.2 Å². The number of H-pyrrole nitrogens is 1. The highest BCUT2D eigenvalue weighted by atomic mass is 16.5. The van der Waals surface area contributed by atoms with Crippen molar-refractivity contribution >= 4 is 21.8 Å². The van der Waals surface area contributed by atoms with E-state index in [9.17, 15) is 0 Å². The van der Waals surface area contributed by atoms with E-state index in [1.165, 1.54) is 0 Å². The highest BCUT2D eigenvalue weighted by molar-refractivity contribution is 5.96. The number of aromatic amines is 1. The Labute approximate surface area is 133 Å². The van der Waals surface area contributed by atoms with Crippen molar-refractivity contribution in [2.24, 2.45) is 0 Å². The number of methoxy groups -OCH3 is 2. The summed E-state index contributed by atoms with van der Waals surface area (Å²) >= 11 is 0. The van der Waals surface area contributed by atoms with Gasteiger partial charge in [0.15, 0.2) is 0 Å². The van der Waals surface area contributed by atoms with Gasteiger partial charge in [-0.15, -0.1) is 0 Å². The summed E-state index contributed by atoms with van der Waals surface area (Å²) in [6, 6.07) is 16.0. The molecule has 0 saturated heterocycles. The molecule has 0 aliphatic rings. The molecular formula is C19H16N2O2. The molecule has 0 amide bonds. The van der Waals surface area contributed by atoms with Crippen molar-refractivity contribution in [2.75, 3.05) is 14.2 Å². The summed E-state index contributed by atoms with van der Waals surface area (Å²) in [7, 11) is 3.34. The molecular weight excluding hydrogens is 288 g/mol. The normalized spacial score (nSPS) is 11.0. The summed E-state index contributed by atoms with van der Waals surface area (Å²) in [6.07, 6.45) is 1.99. The Morgan fingerprint density at radius 1 is 0.870 bits per heavy atom. The van der Waals surface area contributed by atoms with Gasteiger partial charge in [-0.2, -0.15) is 0 Å². The lowest BCUT2D eigenvalue weighted by Gasteiger charge is -2.05. The molecule has 0 saturated carbocycles. The first-order valence-electron chi connectivity index (χ1n) is 7.39. The molecule has 2 heterocycles. The summed E-state index contributed by atoms with van der Waals surface area (Å²) in [4.78, 5) is 8.07. The average molecular weight is 304 g/mol. The number of nitrogens with zero attached hydrogens (tertiary/aromatic N) is 1. The number of fused-ring (bicyclic) bond motifs is 2. The molecule has 0 spiro atoms. The topological polar surface area (TPSA) is 47.1 Å². The summed E-state index contributed by atoms with van der Waals surface area (Å²) < 4.78 is 10.6. The van der Waals surface area contributed by atoms with Crippen LogP contribution in [-0.4, -0.2) is 24.2 Å². The zero-order valence-electron chi connectivity index (χ0n) is 13.0. The van der Waals surface area contributed by atoms with Crippen molar-refractivity contribution in [3.8, 4) is 22.8 Å². The van der Waals surface area contributed by atoms with Crippen molar-refractivity contribution in [3.63, 3.8) is 0 Å². The number of rotatable bonds is 3. The monoisotopic (exact) mass is 304 g/mol.